The Morgan fingerprint density at radius 1 is 1.10 bits per heavy atom. The van der Waals surface area contributed by atoms with Gasteiger partial charge in [0.25, 0.3) is 15.9 Å². The van der Waals surface area contributed by atoms with E-state index in [9.17, 15) is 13.2 Å². The maximum Gasteiger partial charge on any atom is 0.276 e. The average molecular weight is 427 g/mol. The number of pyridine rings is 1. The Bertz CT molecular complexity index is 1150. The van der Waals surface area contributed by atoms with Crippen molar-refractivity contribution < 1.29 is 22.8 Å². The summed E-state index contributed by atoms with van der Waals surface area (Å²) >= 11 is 0. The molecule has 30 heavy (non-hydrogen) atoms. The van der Waals surface area contributed by atoms with Gasteiger partial charge in [-0.15, -0.1) is 0 Å². The molecule has 2 N–H and O–H groups in total. The fourth-order valence-electron chi connectivity index (χ4n) is 3.12. The molecule has 1 atom stereocenters. The van der Waals surface area contributed by atoms with E-state index in [0.717, 1.165) is 19.3 Å². The minimum absolute atomic E-state index is 0.165. The van der Waals surface area contributed by atoms with Gasteiger partial charge in [0.2, 0.25) is 0 Å². The molecule has 0 bridgehead atoms. The van der Waals surface area contributed by atoms with Crippen LogP contribution in [0, 0.1) is 0 Å². The van der Waals surface area contributed by atoms with Crippen LogP contribution in [0.2, 0.25) is 0 Å². The molecule has 1 aromatic heterocycles. The Hall–Kier alpha value is -3.01. The lowest BCUT2D eigenvalue weighted by molar-refractivity contribution is -0.186. The number of ether oxygens (including phenoxy) is 1. The summed E-state index contributed by atoms with van der Waals surface area (Å²) < 4.78 is 33.0. The molecule has 0 radical (unpaired) electrons. The first kappa shape index (κ1) is 20.3. The first-order valence-corrected chi connectivity index (χ1v) is 11.0. The third kappa shape index (κ3) is 4.76. The highest BCUT2D eigenvalue weighted by Gasteiger charge is 2.17. The van der Waals surface area contributed by atoms with Crippen LogP contribution in [0.3, 0.4) is 0 Å². The Labute approximate surface area is 174 Å². The summed E-state index contributed by atoms with van der Waals surface area (Å²) in [7, 11) is -3.71. The summed E-state index contributed by atoms with van der Waals surface area (Å²) in [5.74, 6) is -0.450. The van der Waals surface area contributed by atoms with E-state index in [0.29, 0.717) is 28.8 Å². The lowest BCUT2D eigenvalue weighted by Crippen LogP contribution is -2.33. The Kier molecular flexibility index (Phi) is 5.93. The number of carbonyl (C=O) groups is 1. The topological polar surface area (TPSA) is 107 Å². The molecule has 2 aromatic carbocycles. The van der Waals surface area contributed by atoms with Crippen LogP contribution in [-0.4, -0.2) is 32.2 Å². The van der Waals surface area contributed by atoms with Crippen LogP contribution in [0.25, 0.3) is 10.9 Å². The van der Waals surface area contributed by atoms with E-state index in [2.05, 4.69) is 15.2 Å². The highest BCUT2D eigenvalue weighted by Crippen LogP contribution is 2.22. The van der Waals surface area contributed by atoms with E-state index in [1.54, 1.807) is 42.5 Å². The number of benzene rings is 2. The fraction of sp³-hybridized carbons (Fsp3) is 0.238. The smallest absolute Gasteiger partial charge is 0.276 e. The van der Waals surface area contributed by atoms with Gasteiger partial charge in [0.05, 0.1) is 16.0 Å². The summed E-state index contributed by atoms with van der Waals surface area (Å²) in [5.41, 5.74) is 3.69. The number of nitrogens with zero attached hydrogens (tertiary/aromatic N) is 1. The molecule has 1 aliphatic rings. The molecule has 156 valence electrons. The number of anilines is 1. The van der Waals surface area contributed by atoms with Gasteiger partial charge in [0.1, 0.15) is 0 Å². The summed E-state index contributed by atoms with van der Waals surface area (Å²) in [4.78, 5) is 22.1. The lowest BCUT2D eigenvalue weighted by atomic mass is 10.1. The average Bonchev–Trinajstić information content (AvgIpc) is 2.78. The number of hydrogen-bond donors (Lipinski definition) is 2. The van der Waals surface area contributed by atoms with Crippen molar-refractivity contribution in [2.75, 3.05) is 11.3 Å². The minimum atomic E-state index is -3.71. The molecule has 1 aliphatic heterocycles. The largest absolute Gasteiger partial charge is 0.350 e. The van der Waals surface area contributed by atoms with Gasteiger partial charge < -0.3 is 4.74 Å². The third-order valence-corrected chi connectivity index (χ3v) is 6.07. The lowest BCUT2D eigenvalue weighted by Gasteiger charge is -2.22. The first-order valence-electron chi connectivity index (χ1n) is 9.56. The molecule has 4 rings (SSSR count). The van der Waals surface area contributed by atoms with Gasteiger partial charge in [0, 0.05) is 30.3 Å². The van der Waals surface area contributed by atoms with Gasteiger partial charge in [-0.1, -0.05) is 18.2 Å². The maximum atomic E-state index is 12.5. The molecule has 9 heteroatoms. The van der Waals surface area contributed by atoms with Gasteiger partial charge in [-0.3, -0.25) is 14.5 Å². The van der Waals surface area contributed by atoms with Crippen LogP contribution in [-0.2, 0) is 19.6 Å². The molecule has 1 saturated heterocycles. The van der Waals surface area contributed by atoms with Gasteiger partial charge >= 0.3 is 0 Å². The number of hydroxylamine groups is 1. The molecular formula is C21H21N3O5S. The highest BCUT2D eigenvalue weighted by atomic mass is 32.2. The van der Waals surface area contributed by atoms with Crippen LogP contribution in [0.5, 0.6) is 0 Å². The molecular weight excluding hydrogens is 406 g/mol. The zero-order valence-electron chi connectivity index (χ0n) is 16.1. The second-order valence-electron chi connectivity index (χ2n) is 6.90. The quantitative estimate of drug-likeness (QED) is 0.585. The summed E-state index contributed by atoms with van der Waals surface area (Å²) in [5, 5.41) is 0.616. The zero-order valence-corrected chi connectivity index (χ0v) is 16.9. The van der Waals surface area contributed by atoms with E-state index in [-0.39, 0.29) is 4.90 Å². The number of rotatable bonds is 6. The van der Waals surface area contributed by atoms with Crippen LogP contribution in [0.4, 0.5) is 5.69 Å². The molecule has 1 fully saturated rings. The van der Waals surface area contributed by atoms with E-state index in [4.69, 9.17) is 9.57 Å². The number of hydrogen-bond acceptors (Lipinski definition) is 6. The molecule has 1 amide bonds. The molecule has 0 saturated carbocycles. The monoisotopic (exact) mass is 427 g/mol. The summed E-state index contributed by atoms with van der Waals surface area (Å²) in [6.07, 6.45) is 3.69. The molecule has 0 spiro atoms. The molecule has 8 nitrogen and oxygen atoms in total. The molecule has 3 aromatic rings. The van der Waals surface area contributed by atoms with Crippen LogP contribution < -0.4 is 10.2 Å². The fourth-order valence-corrected chi connectivity index (χ4v) is 4.19. The van der Waals surface area contributed by atoms with Crippen molar-refractivity contribution >= 4 is 32.5 Å². The van der Waals surface area contributed by atoms with Crippen molar-refractivity contribution in [1.29, 1.82) is 0 Å². The van der Waals surface area contributed by atoms with Crippen LogP contribution in [0.15, 0.2) is 65.7 Å². The second-order valence-corrected chi connectivity index (χ2v) is 8.58. The van der Waals surface area contributed by atoms with Crippen molar-refractivity contribution in [3.05, 3.63) is 66.4 Å². The van der Waals surface area contributed by atoms with Gasteiger partial charge in [0.15, 0.2) is 6.29 Å². The second kappa shape index (κ2) is 8.78. The standard InChI is InChI=1S/C21H21N3O5S/c25-21(23-29-20-8-4-5-11-28-20)16-12-15-13-17(9-10-19(15)22-14-16)24-30(26,27)18-6-2-1-3-7-18/h1-3,6-7,9-10,12-14,20,24H,4-5,8,11H2,(H,23,25). The molecule has 1 unspecified atom stereocenters. The Morgan fingerprint density at radius 3 is 2.70 bits per heavy atom. The normalized spacial score (nSPS) is 16.9. The van der Waals surface area contributed by atoms with E-state index in [1.807, 2.05) is 0 Å². The summed E-state index contributed by atoms with van der Waals surface area (Å²) in [6.45, 7) is 0.611. The Morgan fingerprint density at radius 2 is 1.93 bits per heavy atom. The Balaban J connectivity index is 1.50. The van der Waals surface area contributed by atoms with Gasteiger partial charge in [-0.25, -0.2) is 18.7 Å². The number of nitrogens with one attached hydrogen (secondary N) is 2. The van der Waals surface area contributed by atoms with Crippen LogP contribution in [0.1, 0.15) is 29.6 Å². The van der Waals surface area contributed by atoms with Crippen molar-refractivity contribution in [3.63, 3.8) is 0 Å². The zero-order chi connectivity index (χ0) is 21.0. The number of amides is 1. The third-order valence-electron chi connectivity index (χ3n) is 4.67. The van der Waals surface area contributed by atoms with Crippen molar-refractivity contribution in [2.24, 2.45) is 0 Å². The van der Waals surface area contributed by atoms with Crippen molar-refractivity contribution in [1.82, 2.24) is 10.5 Å². The predicted molar refractivity (Wildman–Crippen MR) is 111 cm³/mol. The SMILES string of the molecule is O=C(NOC1CCCCO1)c1cnc2ccc(NS(=O)(=O)c3ccccc3)cc2c1. The van der Waals surface area contributed by atoms with Crippen molar-refractivity contribution in [2.45, 2.75) is 30.4 Å². The first-order chi connectivity index (χ1) is 14.5. The molecule has 0 aliphatic carbocycles. The van der Waals surface area contributed by atoms with E-state index >= 15 is 0 Å². The number of carbonyl (C=O) groups excluding carboxylic acids is 1. The predicted octanol–water partition coefficient (Wildman–Crippen LogP) is 3.22. The number of aromatic nitrogens is 1. The molecule has 2 heterocycles. The van der Waals surface area contributed by atoms with E-state index < -0.39 is 22.2 Å². The maximum absolute atomic E-state index is 12.5. The number of sulfonamides is 1. The highest BCUT2D eigenvalue weighted by molar-refractivity contribution is 7.92. The van der Waals surface area contributed by atoms with Crippen LogP contribution >= 0.6 is 0 Å². The van der Waals surface area contributed by atoms with Gasteiger partial charge in [-0.2, -0.15) is 0 Å². The van der Waals surface area contributed by atoms with Crippen molar-refractivity contribution in [3.8, 4) is 0 Å². The minimum Gasteiger partial charge on any atom is -0.350 e. The van der Waals surface area contributed by atoms with Gasteiger partial charge in [-0.05, 0) is 49.2 Å². The van der Waals surface area contributed by atoms with E-state index in [1.165, 1.54) is 18.3 Å². The number of fused-ring (bicyclic) bond motifs is 1. The summed E-state index contributed by atoms with van der Waals surface area (Å²) in [6, 6.07) is 14.7.